The minimum absolute atomic E-state index is 0.0605. The molecule has 0 aliphatic carbocycles. The number of piperazine rings is 2. The molecule has 9 heteroatoms. The number of aliphatic hydroxyl groups excluding tert-OH is 1. The van der Waals surface area contributed by atoms with Crippen molar-refractivity contribution in [3.05, 3.63) is 41.5 Å². The quantitative estimate of drug-likeness (QED) is 0.731. The Bertz CT molecular complexity index is 905. The van der Waals surface area contributed by atoms with Crippen molar-refractivity contribution in [2.75, 3.05) is 80.6 Å². The van der Waals surface area contributed by atoms with Gasteiger partial charge in [-0.15, -0.1) is 10.2 Å². The lowest BCUT2D eigenvalue weighted by atomic mass is 10.1. The molecule has 9 nitrogen and oxygen atoms in total. The normalized spacial score (nSPS) is 17.5. The van der Waals surface area contributed by atoms with Gasteiger partial charge in [0.25, 0.3) is 0 Å². The number of carbonyl (C=O) groups is 1. The summed E-state index contributed by atoms with van der Waals surface area (Å²) in [5, 5.41) is 21.0. The number of urea groups is 1. The van der Waals surface area contributed by atoms with E-state index < -0.39 is 0 Å². The monoisotopic (exact) mass is 439 g/mol. The Morgan fingerprint density at radius 3 is 2.00 bits per heavy atom. The second kappa shape index (κ2) is 10.1. The fourth-order valence-corrected chi connectivity index (χ4v) is 4.16. The Morgan fingerprint density at radius 2 is 1.47 bits per heavy atom. The van der Waals surface area contributed by atoms with Crippen LogP contribution in [0.5, 0.6) is 0 Å². The van der Waals surface area contributed by atoms with Gasteiger partial charge in [-0.25, -0.2) is 4.79 Å². The Labute approximate surface area is 189 Å². The minimum atomic E-state index is -0.0605. The third-order valence-corrected chi connectivity index (χ3v) is 6.40. The number of hydrogen-bond donors (Lipinski definition) is 2. The van der Waals surface area contributed by atoms with E-state index in [0.717, 1.165) is 63.1 Å². The number of aryl methyl sites for hydroxylation is 2. The van der Waals surface area contributed by atoms with Gasteiger partial charge in [0.15, 0.2) is 11.6 Å². The summed E-state index contributed by atoms with van der Waals surface area (Å²) in [6.07, 6.45) is 0. The van der Waals surface area contributed by atoms with E-state index in [0.29, 0.717) is 13.1 Å². The third kappa shape index (κ3) is 5.28. The average molecular weight is 440 g/mol. The molecule has 2 amide bonds. The van der Waals surface area contributed by atoms with Gasteiger partial charge in [0, 0.05) is 64.6 Å². The Hall–Kier alpha value is -2.91. The molecular formula is C23H33N7O2. The maximum Gasteiger partial charge on any atom is 0.321 e. The van der Waals surface area contributed by atoms with Gasteiger partial charge in [-0.3, -0.25) is 4.90 Å². The summed E-state index contributed by atoms with van der Waals surface area (Å²) in [4.78, 5) is 21.2. The molecule has 0 atom stereocenters. The van der Waals surface area contributed by atoms with Gasteiger partial charge in [0.05, 0.1) is 6.61 Å². The molecule has 2 aliphatic rings. The first-order valence-electron chi connectivity index (χ1n) is 11.3. The zero-order valence-electron chi connectivity index (χ0n) is 19.0. The molecule has 2 aromatic rings. The van der Waals surface area contributed by atoms with Crippen LogP contribution in [0.1, 0.15) is 11.1 Å². The number of carbonyl (C=O) groups excluding carboxylic acids is 1. The molecule has 3 heterocycles. The highest BCUT2D eigenvalue weighted by atomic mass is 16.3. The Balaban J connectivity index is 1.27. The van der Waals surface area contributed by atoms with E-state index in [1.807, 2.05) is 42.2 Å². The third-order valence-electron chi connectivity index (χ3n) is 6.40. The van der Waals surface area contributed by atoms with Crippen LogP contribution in [0.2, 0.25) is 0 Å². The average Bonchev–Trinajstić information content (AvgIpc) is 2.82. The van der Waals surface area contributed by atoms with Crippen molar-refractivity contribution < 1.29 is 9.90 Å². The molecule has 1 aromatic heterocycles. The summed E-state index contributed by atoms with van der Waals surface area (Å²) in [7, 11) is 0. The van der Waals surface area contributed by atoms with Crippen LogP contribution in [0.3, 0.4) is 0 Å². The summed E-state index contributed by atoms with van der Waals surface area (Å²) < 4.78 is 0. The number of anilines is 3. The second-order valence-electron chi connectivity index (χ2n) is 8.51. The summed E-state index contributed by atoms with van der Waals surface area (Å²) in [6, 6.07) is 9.97. The molecule has 1 aromatic carbocycles. The van der Waals surface area contributed by atoms with Crippen molar-refractivity contribution in [3.8, 4) is 0 Å². The highest BCUT2D eigenvalue weighted by Gasteiger charge is 2.23. The van der Waals surface area contributed by atoms with Gasteiger partial charge in [-0.1, -0.05) is 6.07 Å². The number of aliphatic hydroxyl groups is 1. The highest BCUT2D eigenvalue weighted by molar-refractivity contribution is 5.89. The number of aromatic nitrogens is 2. The van der Waals surface area contributed by atoms with Crippen LogP contribution in [0.25, 0.3) is 0 Å². The molecule has 2 fully saturated rings. The molecule has 2 saturated heterocycles. The van der Waals surface area contributed by atoms with Crippen molar-refractivity contribution in [2.24, 2.45) is 0 Å². The number of nitrogens with one attached hydrogen (secondary N) is 1. The van der Waals surface area contributed by atoms with Crippen molar-refractivity contribution in [3.63, 3.8) is 0 Å². The predicted molar refractivity (Wildman–Crippen MR) is 126 cm³/mol. The van der Waals surface area contributed by atoms with E-state index in [-0.39, 0.29) is 12.6 Å². The molecular weight excluding hydrogens is 406 g/mol. The first-order valence-corrected chi connectivity index (χ1v) is 11.3. The van der Waals surface area contributed by atoms with Crippen LogP contribution in [0.15, 0.2) is 30.3 Å². The number of β-amino-alcohol motifs (C(OH)–C–C–N with tert-alkyl or cyclic N) is 1. The summed E-state index contributed by atoms with van der Waals surface area (Å²) in [6.45, 7) is 11.4. The van der Waals surface area contributed by atoms with Crippen molar-refractivity contribution in [2.45, 2.75) is 13.8 Å². The van der Waals surface area contributed by atoms with Crippen LogP contribution in [0, 0.1) is 13.8 Å². The summed E-state index contributed by atoms with van der Waals surface area (Å²) in [5.41, 5.74) is 3.22. The van der Waals surface area contributed by atoms with E-state index in [4.69, 9.17) is 5.11 Å². The topological polar surface area (TPSA) is 88.1 Å². The van der Waals surface area contributed by atoms with E-state index >= 15 is 0 Å². The molecule has 0 bridgehead atoms. The van der Waals surface area contributed by atoms with E-state index in [1.54, 1.807) is 0 Å². The summed E-state index contributed by atoms with van der Waals surface area (Å²) in [5.74, 6) is 1.74. The standard InChI is InChI=1S/C23H33N7O2/c1-18-3-4-20(17-19(18)2)24-23(32)30-13-11-29(12-14-30)22-6-5-21(25-26-22)28-9-7-27(8-10-28)15-16-31/h3-6,17,31H,7-16H2,1-2H3,(H,24,32). The first kappa shape index (κ1) is 22.3. The van der Waals surface area contributed by atoms with Gasteiger partial charge < -0.3 is 25.1 Å². The van der Waals surface area contributed by atoms with Crippen LogP contribution in [0.4, 0.5) is 22.1 Å². The SMILES string of the molecule is Cc1ccc(NC(=O)N2CCN(c3ccc(N4CCN(CCO)CC4)nn3)CC2)cc1C. The van der Waals surface area contributed by atoms with Crippen LogP contribution < -0.4 is 15.1 Å². The van der Waals surface area contributed by atoms with E-state index in [1.165, 1.54) is 11.1 Å². The molecule has 0 spiro atoms. The smallest absolute Gasteiger partial charge is 0.321 e. The largest absolute Gasteiger partial charge is 0.395 e. The maximum atomic E-state index is 12.6. The number of benzene rings is 1. The number of rotatable bonds is 5. The lowest BCUT2D eigenvalue weighted by Gasteiger charge is -2.36. The Morgan fingerprint density at radius 1 is 0.875 bits per heavy atom. The molecule has 2 aliphatic heterocycles. The van der Waals surface area contributed by atoms with Crippen LogP contribution in [-0.4, -0.2) is 96.6 Å². The molecule has 0 unspecified atom stereocenters. The van der Waals surface area contributed by atoms with Crippen LogP contribution >= 0.6 is 0 Å². The fraction of sp³-hybridized carbons (Fsp3) is 0.522. The number of amides is 2. The molecule has 0 radical (unpaired) electrons. The number of hydrogen-bond acceptors (Lipinski definition) is 7. The van der Waals surface area contributed by atoms with Crippen LogP contribution in [-0.2, 0) is 0 Å². The second-order valence-corrected chi connectivity index (χ2v) is 8.51. The Kier molecular flexibility index (Phi) is 7.06. The van der Waals surface area contributed by atoms with E-state index in [9.17, 15) is 4.79 Å². The zero-order chi connectivity index (χ0) is 22.5. The lowest BCUT2D eigenvalue weighted by molar-refractivity contribution is 0.188. The maximum absolute atomic E-state index is 12.6. The summed E-state index contributed by atoms with van der Waals surface area (Å²) >= 11 is 0. The molecule has 172 valence electrons. The highest BCUT2D eigenvalue weighted by Crippen LogP contribution is 2.19. The number of nitrogens with zero attached hydrogens (tertiary/aromatic N) is 6. The van der Waals surface area contributed by atoms with Gasteiger partial charge in [0.1, 0.15) is 0 Å². The first-order chi connectivity index (χ1) is 15.5. The minimum Gasteiger partial charge on any atom is -0.395 e. The van der Waals surface area contributed by atoms with Crippen molar-refractivity contribution in [1.82, 2.24) is 20.0 Å². The van der Waals surface area contributed by atoms with Gasteiger partial charge in [-0.05, 0) is 49.2 Å². The lowest BCUT2D eigenvalue weighted by Crippen LogP contribution is -2.50. The van der Waals surface area contributed by atoms with Gasteiger partial charge >= 0.3 is 6.03 Å². The molecule has 0 saturated carbocycles. The van der Waals surface area contributed by atoms with Gasteiger partial charge in [-0.2, -0.15) is 0 Å². The molecule has 4 rings (SSSR count). The molecule has 2 N–H and O–H groups in total. The van der Waals surface area contributed by atoms with Gasteiger partial charge in [0.2, 0.25) is 0 Å². The zero-order valence-corrected chi connectivity index (χ0v) is 19.0. The predicted octanol–water partition coefficient (Wildman–Crippen LogP) is 1.56. The van der Waals surface area contributed by atoms with Crippen molar-refractivity contribution in [1.29, 1.82) is 0 Å². The van der Waals surface area contributed by atoms with Crippen molar-refractivity contribution >= 4 is 23.4 Å². The molecule has 32 heavy (non-hydrogen) atoms. The van der Waals surface area contributed by atoms with E-state index in [2.05, 4.69) is 37.1 Å². The fourth-order valence-electron chi connectivity index (χ4n) is 4.16.